The highest BCUT2D eigenvalue weighted by molar-refractivity contribution is 9.10. The number of hydrogen-bond acceptors (Lipinski definition) is 5. The smallest absolute Gasteiger partial charge is 0.295 e. The maximum atomic E-state index is 13.9. The molecule has 0 N–H and O–H groups in total. The molecule has 0 radical (unpaired) electrons. The van der Waals surface area contributed by atoms with Crippen molar-refractivity contribution in [3.63, 3.8) is 0 Å². The van der Waals surface area contributed by atoms with Crippen LogP contribution >= 0.6 is 15.9 Å². The molecule has 1 aliphatic rings. The predicted octanol–water partition coefficient (Wildman–Crippen LogP) is 6.72. The second-order valence-corrected chi connectivity index (χ2v) is 9.65. The molecule has 2 heterocycles. The summed E-state index contributed by atoms with van der Waals surface area (Å²) in [5.41, 5.74) is 3.87. The van der Waals surface area contributed by atoms with Gasteiger partial charge in [-0.15, -0.1) is 0 Å². The maximum Gasteiger partial charge on any atom is 0.295 e. The second kappa shape index (κ2) is 9.47. The van der Waals surface area contributed by atoms with E-state index in [1.165, 1.54) is 0 Å². The third kappa shape index (κ3) is 3.97. The third-order valence-electron chi connectivity index (χ3n) is 6.46. The number of anilines is 1. The van der Waals surface area contributed by atoms with Gasteiger partial charge in [-0.1, -0.05) is 28.1 Å². The van der Waals surface area contributed by atoms with Gasteiger partial charge < -0.3 is 13.9 Å². The molecule has 1 amide bonds. The van der Waals surface area contributed by atoms with E-state index in [9.17, 15) is 9.59 Å². The van der Waals surface area contributed by atoms with Crippen molar-refractivity contribution in [1.29, 1.82) is 0 Å². The molecular formula is C29H26BrNO5. The van der Waals surface area contributed by atoms with Crippen LogP contribution in [-0.2, 0) is 0 Å². The minimum Gasteiger partial charge on any atom is -0.490 e. The SMILES string of the molecule is CCOc1ccc(C2c3c(oc4cc(C)c(C)cc4c3=O)C(=O)N2c2cccc(Br)c2)cc1OCC. The minimum absolute atomic E-state index is 0.0626. The van der Waals surface area contributed by atoms with E-state index in [0.717, 1.165) is 21.2 Å². The summed E-state index contributed by atoms with van der Waals surface area (Å²) in [7, 11) is 0. The summed E-state index contributed by atoms with van der Waals surface area (Å²) in [5, 5.41) is 0.460. The van der Waals surface area contributed by atoms with E-state index in [2.05, 4.69) is 15.9 Å². The molecule has 1 aliphatic heterocycles. The molecule has 0 saturated carbocycles. The maximum absolute atomic E-state index is 13.9. The number of hydrogen-bond donors (Lipinski definition) is 0. The van der Waals surface area contributed by atoms with Crippen molar-refractivity contribution in [3.05, 3.63) is 97.3 Å². The Balaban J connectivity index is 1.80. The Kier molecular flexibility index (Phi) is 6.35. The number of carbonyl (C=O) groups excluding carboxylic acids is 1. The van der Waals surface area contributed by atoms with E-state index in [0.29, 0.717) is 46.9 Å². The lowest BCUT2D eigenvalue weighted by molar-refractivity contribution is 0.0971. The van der Waals surface area contributed by atoms with Gasteiger partial charge in [0, 0.05) is 10.2 Å². The molecule has 3 aromatic carbocycles. The molecule has 0 bridgehead atoms. The molecule has 184 valence electrons. The van der Waals surface area contributed by atoms with Crippen LogP contribution in [0.3, 0.4) is 0 Å². The van der Waals surface area contributed by atoms with E-state index in [4.69, 9.17) is 13.9 Å². The molecule has 0 saturated heterocycles. The van der Waals surface area contributed by atoms with Gasteiger partial charge in [0.2, 0.25) is 5.76 Å². The molecule has 5 rings (SSSR count). The van der Waals surface area contributed by atoms with Gasteiger partial charge in [-0.2, -0.15) is 0 Å². The van der Waals surface area contributed by atoms with Crippen LogP contribution in [0.5, 0.6) is 11.5 Å². The van der Waals surface area contributed by atoms with Crippen molar-refractivity contribution in [2.45, 2.75) is 33.7 Å². The molecule has 1 unspecified atom stereocenters. The van der Waals surface area contributed by atoms with Crippen LogP contribution in [-0.4, -0.2) is 19.1 Å². The van der Waals surface area contributed by atoms with Crippen LogP contribution in [0.15, 0.2) is 68.3 Å². The topological polar surface area (TPSA) is 69.0 Å². The Hall–Kier alpha value is -3.58. The first-order valence-electron chi connectivity index (χ1n) is 11.9. The highest BCUT2D eigenvalue weighted by atomic mass is 79.9. The summed E-state index contributed by atoms with van der Waals surface area (Å²) in [5.74, 6) is 0.867. The Labute approximate surface area is 217 Å². The number of rotatable bonds is 6. The fourth-order valence-corrected chi connectivity index (χ4v) is 5.06. The van der Waals surface area contributed by atoms with Gasteiger partial charge in [0.15, 0.2) is 16.9 Å². The summed E-state index contributed by atoms with van der Waals surface area (Å²) < 4.78 is 18.6. The van der Waals surface area contributed by atoms with Gasteiger partial charge in [-0.25, -0.2) is 0 Å². The number of amides is 1. The lowest BCUT2D eigenvalue weighted by atomic mass is 9.97. The van der Waals surface area contributed by atoms with Gasteiger partial charge in [0.1, 0.15) is 5.58 Å². The fraction of sp³-hybridized carbons (Fsp3) is 0.241. The molecule has 36 heavy (non-hydrogen) atoms. The fourth-order valence-electron chi connectivity index (χ4n) is 4.67. The van der Waals surface area contributed by atoms with Gasteiger partial charge in [-0.3, -0.25) is 14.5 Å². The third-order valence-corrected chi connectivity index (χ3v) is 6.95. The lowest BCUT2D eigenvalue weighted by Gasteiger charge is -2.26. The van der Waals surface area contributed by atoms with Crippen molar-refractivity contribution >= 4 is 38.5 Å². The largest absolute Gasteiger partial charge is 0.490 e. The zero-order chi connectivity index (χ0) is 25.6. The zero-order valence-electron chi connectivity index (χ0n) is 20.6. The first kappa shape index (κ1) is 24.1. The highest BCUT2D eigenvalue weighted by Crippen LogP contribution is 2.43. The number of halogens is 1. The van der Waals surface area contributed by atoms with Crippen LogP contribution in [0.25, 0.3) is 11.0 Å². The first-order chi connectivity index (χ1) is 17.3. The van der Waals surface area contributed by atoms with E-state index in [-0.39, 0.29) is 17.1 Å². The number of benzene rings is 3. The molecule has 1 atom stereocenters. The molecule has 4 aromatic rings. The van der Waals surface area contributed by atoms with Crippen molar-refractivity contribution in [1.82, 2.24) is 0 Å². The van der Waals surface area contributed by atoms with Gasteiger partial charge in [0.25, 0.3) is 5.91 Å². The first-order valence-corrected chi connectivity index (χ1v) is 12.7. The van der Waals surface area contributed by atoms with E-state index in [1.807, 2.05) is 82.3 Å². The van der Waals surface area contributed by atoms with E-state index in [1.54, 1.807) is 4.90 Å². The normalized spacial score (nSPS) is 14.9. The van der Waals surface area contributed by atoms with Crippen molar-refractivity contribution in [2.75, 3.05) is 18.1 Å². The molecule has 0 fully saturated rings. The average molecular weight is 548 g/mol. The van der Waals surface area contributed by atoms with Crippen LogP contribution in [0.4, 0.5) is 5.69 Å². The van der Waals surface area contributed by atoms with Crippen molar-refractivity contribution in [3.8, 4) is 11.5 Å². The van der Waals surface area contributed by atoms with Crippen molar-refractivity contribution in [2.24, 2.45) is 0 Å². The quantitative estimate of drug-likeness (QED) is 0.268. The molecule has 6 nitrogen and oxygen atoms in total. The van der Waals surface area contributed by atoms with E-state index >= 15 is 0 Å². The molecule has 0 aliphatic carbocycles. The Morgan fingerprint density at radius 1 is 0.917 bits per heavy atom. The lowest BCUT2D eigenvalue weighted by Crippen LogP contribution is -2.29. The van der Waals surface area contributed by atoms with E-state index < -0.39 is 6.04 Å². The van der Waals surface area contributed by atoms with Gasteiger partial charge in [0.05, 0.1) is 30.2 Å². The van der Waals surface area contributed by atoms with Crippen LogP contribution in [0, 0.1) is 13.8 Å². The summed E-state index contributed by atoms with van der Waals surface area (Å²) >= 11 is 3.51. The Morgan fingerprint density at radius 2 is 1.64 bits per heavy atom. The summed E-state index contributed by atoms with van der Waals surface area (Å²) in [6.45, 7) is 8.65. The summed E-state index contributed by atoms with van der Waals surface area (Å²) in [4.78, 5) is 29.4. The monoisotopic (exact) mass is 547 g/mol. The van der Waals surface area contributed by atoms with Gasteiger partial charge in [-0.05, 0) is 86.8 Å². The molecule has 0 spiro atoms. The highest BCUT2D eigenvalue weighted by Gasteiger charge is 2.44. The Morgan fingerprint density at radius 3 is 2.36 bits per heavy atom. The zero-order valence-corrected chi connectivity index (χ0v) is 22.1. The molecular weight excluding hydrogens is 522 g/mol. The standard InChI is InChI=1S/C29H26BrNO5/c1-5-34-22-11-10-18(14-24(22)35-6-2)26-25-27(32)21-12-16(3)17(4)13-23(21)36-28(25)29(33)31(26)20-9-7-8-19(30)15-20/h7-15,26H,5-6H2,1-4H3. The summed E-state index contributed by atoms with van der Waals surface area (Å²) in [6.07, 6.45) is 0. The average Bonchev–Trinajstić information content (AvgIpc) is 3.14. The Bertz CT molecular complexity index is 1560. The predicted molar refractivity (Wildman–Crippen MR) is 144 cm³/mol. The van der Waals surface area contributed by atoms with Crippen molar-refractivity contribution < 1.29 is 18.7 Å². The minimum atomic E-state index is -0.695. The van der Waals surface area contributed by atoms with Gasteiger partial charge >= 0.3 is 0 Å². The molecule has 7 heteroatoms. The summed E-state index contributed by atoms with van der Waals surface area (Å²) in [6, 6.07) is 15.9. The number of fused-ring (bicyclic) bond motifs is 2. The van der Waals surface area contributed by atoms with Crippen LogP contribution < -0.4 is 19.8 Å². The molecule has 1 aromatic heterocycles. The number of nitrogens with zero attached hydrogens (tertiary/aromatic N) is 1. The number of ether oxygens (including phenoxy) is 2. The van der Waals surface area contributed by atoms with Crippen LogP contribution in [0.1, 0.15) is 52.7 Å². The number of aryl methyl sites for hydroxylation is 2. The second-order valence-electron chi connectivity index (χ2n) is 8.74. The van der Waals surface area contributed by atoms with Crippen LogP contribution in [0.2, 0.25) is 0 Å². The number of carbonyl (C=O) groups is 1.